The Morgan fingerprint density at radius 2 is 2.14 bits per heavy atom. The van der Waals surface area contributed by atoms with Gasteiger partial charge in [0.05, 0.1) is 23.2 Å². The second-order valence-electron chi connectivity index (χ2n) is 4.08. The van der Waals surface area contributed by atoms with E-state index in [0.717, 1.165) is 12.1 Å². The van der Waals surface area contributed by atoms with Crippen LogP contribution < -0.4 is 5.32 Å². The maximum absolute atomic E-state index is 12.5. The second-order valence-corrected chi connectivity index (χ2v) is 4.08. The van der Waals surface area contributed by atoms with E-state index in [1.54, 1.807) is 6.20 Å². The highest BCUT2D eigenvalue weighted by Gasteiger charge is 2.32. The first-order chi connectivity index (χ1) is 9.88. The molecule has 0 saturated heterocycles. The van der Waals surface area contributed by atoms with Crippen LogP contribution in [-0.2, 0) is 12.7 Å². The van der Waals surface area contributed by atoms with Gasteiger partial charge in [0.15, 0.2) is 0 Å². The van der Waals surface area contributed by atoms with E-state index < -0.39 is 22.4 Å². The lowest BCUT2D eigenvalue weighted by Gasteiger charge is -2.10. The molecule has 0 amide bonds. The van der Waals surface area contributed by atoms with Gasteiger partial charge in [-0.05, 0) is 12.1 Å². The molecule has 2 rings (SSSR count). The maximum Gasteiger partial charge on any atom is 0.416 e. The molecule has 112 valence electrons. The number of nitro groups is 1. The van der Waals surface area contributed by atoms with E-state index in [0.29, 0.717) is 12.6 Å². The molecule has 0 radical (unpaired) electrons. The molecule has 0 atom stereocenters. The molecule has 7 nitrogen and oxygen atoms in total. The standard InChI is InChI=1S/C11H10F3N5O2/c12-11(13,14)8-1-2-9(10(7-8)19(20)21)15-3-5-18-6-4-16-17-18/h1-2,4,6-7,15H,3,5H2. The van der Waals surface area contributed by atoms with Crippen molar-refractivity contribution in [2.24, 2.45) is 0 Å². The highest BCUT2D eigenvalue weighted by Crippen LogP contribution is 2.34. The number of hydrogen-bond acceptors (Lipinski definition) is 5. The minimum Gasteiger partial charge on any atom is -0.378 e. The van der Waals surface area contributed by atoms with Gasteiger partial charge in [-0.15, -0.1) is 5.10 Å². The average Bonchev–Trinajstić information content (AvgIpc) is 2.90. The molecule has 0 fully saturated rings. The molecule has 0 spiro atoms. The molecule has 0 unspecified atom stereocenters. The fraction of sp³-hybridized carbons (Fsp3) is 0.273. The number of alkyl halides is 3. The SMILES string of the molecule is O=[N+]([O-])c1cc(C(F)(F)F)ccc1NCCn1ccnn1. The van der Waals surface area contributed by atoms with Crippen molar-refractivity contribution in [3.8, 4) is 0 Å². The van der Waals surface area contributed by atoms with Crippen LogP contribution in [0.3, 0.4) is 0 Å². The molecular formula is C11H10F3N5O2. The summed E-state index contributed by atoms with van der Waals surface area (Å²) in [6.07, 6.45) is -1.55. The second kappa shape index (κ2) is 5.77. The Morgan fingerprint density at radius 1 is 1.38 bits per heavy atom. The van der Waals surface area contributed by atoms with E-state index in [1.165, 1.54) is 10.9 Å². The number of nitro benzene ring substituents is 1. The zero-order valence-electron chi connectivity index (χ0n) is 10.5. The molecule has 0 saturated carbocycles. The van der Waals surface area contributed by atoms with Crippen LogP contribution in [0.5, 0.6) is 0 Å². The number of rotatable bonds is 5. The summed E-state index contributed by atoms with van der Waals surface area (Å²) in [4.78, 5) is 10.0. The predicted molar refractivity (Wildman–Crippen MR) is 66.6 cm³/mol. The smallest absolute Gasteiger partial charge is 0.378 e. The van der Waals surface area contributed by atoms with E-state index in [9.17, 15) is 23.3 Å². The van der Waals surface area contributed by atoms with Gasteiger partial charge in [0.1, 0.15) is 5.69 Å². The summed E-state index contributed by atoms with van der Waals surface area (Å²) in [5.41, 5.74) is -1.66. The third kappa shape index (κ3) is 3.68. The monoisotopic (exact) mass is 301 g/mol. The fourth-order valence-corrected chi connectivity index (χ4v) is 1.67. The van der Waals surface area contributed by atoms with Crippen molar-refractivity contribution < 1.29 is 18.1 Å². The Kier molecular flexibility index (Phi) is 4.05. The molecule has 1 aromatic heterocycles. The quantitative estimate of drug-likeness (QED) is 0.676. The van der Waals surface area contributed by atoms with Gasteiger partial charge in [0.2, 0.25) is 0 Å². The van der Waals surface area contributed by atoms with Gasteiger partial charge in [-0.2, -0.15) is 13.2 Å². The summed E-state index contributed by atoms with van der Waals surface area (Å²) in [6.45, 7) is 0.633. The lowest BCUT2D eigenvalue weighted by Crippen LogP contribution is -2.13. The third-order valence-electron chi connectivity index (χ3n) is 2.65. The third-order valence-corrected chi connectivity index (χ3v) is 2.65. The molecule has 0 aliphatic heterocycles. The van der Waals surface area contributed by atoms with Crippen LogP contribution in [-0.4, -0.2) is 26.5 Å². The fourth-order valence-electron chi connectivity index (χ4n) is 1.67. The van der Waals surface area contributed by atoms with Gasteiger partial charge in [0, 0.05) is 18.8 Å². The summed E-state index contributed by atoms with van der Waals surface area (Å²) < 4.78 is 39.1. The summed E-state index contributed by atoms with van der Waals surface area (Å²) in [5.74, 6) is 0. The Balaban J connectivity index is 2.13. The molecule has 0 aliphatic rings. The van der Waals surface area contributed by atoms with Gasteiger partial charge < -0.3 is 5.32 Å². The number of aromatic nitrogens is 3. The minimum atomic E-state index is -4.62. The number of hydrogen-bond donors (Lipinski definition) is 1. The first kappa shape index (κ1) is 14.8. The van der Waals surface area contributed by atoms with Crippen LogP contribution in [0.25, 0.3) is 0 Å². The highest BCUT2D eigenvalue weighted by atomic mass is 19.4. The first-order valence-corrected chi connectivity index (χ1v) is 5.81. The Labute approximate surface area is 116 Å². The lowest BCUT2D eigenvalue weighted by atomic mass is 10.1. The molecular weight excluding hydrogens is 291 g/mol. The number of nitrogens with one attached hydrogen (secondary N) is 1. The van der Waals surface area contributed by atoms with E-state index in [1.807, 2.05) is 0 Å². The van der Waals surface area contributed by atoms with Crippen LogP contribution in [0.4, 0.5) is 24.5 Å². The van der Waals surface area contributed by atoms with Crippen LogP contribution in [0.1, 0.15) is 5.56 Å². The van der Waals surface area contributed by atoms with Crippen molar-refractivity contribution in [3.63, 3.8) is 0 Å². The van der Waals surface area contributed by atoms with Crippen molar-refractivity contribution in [1.82, 2.24) is 15.0 Å². The zero-order chi connectivity index (χ0) is 15.5. The van der Waals surface area contributed by atoms with Crippen molar-refractivity contribution in [2.45, 2.75) is 12.7 Å². The molecule has 0 aliphatic carbocycles. The highest BCUT2D eigenvalue weighted by molar-refractivity contribution is 5.62. The number of benzene rings is 1. The predicted octanol–water partition coefficient (Wildman–Crippen LogP) is 2.32. The lowest BCUT2D eigenvalue weighted by molar-refractivity contribution is -0.384. The number of nitrogens with zero attached hydrogens (tertiary/aromatic N) is 4. The first-order valence-electron chi connectivity index (χ1n) is 5.81. The van der Waals surface area contributed by atoms with Crippen molar-refractivity contribution in [3.05, 3.63) is 46.3 Å². The summed E-state index contributed by atoms with van der Waals surface area (Å²) in [7, 11) is 0. The molecule has 1 N–H and O–H groups in total. The Morgan fingerprint density at radius 3 is 2.71 bits per heavy atom. The van der Waals surface area contributed by atoms with Crippen LogP contribution in [0, 0.1) is 10.1 Å². The van der Waals surface area contributed by atoms with Gasteiger partial charge in [-0.25, -0.2) is 0 Å². The van der Waals surface area contributed by atoms with Gasteiger partial charge in [-0.3, -0.25) is 14.8 Å². The summed E-state index contributed by atoms with van der Waals surface area (Å²) in [5, 5.41) is 20.9. The average molecular weight is 301 g/mol. The largest absolute Gasteiger partial charge is 0.416 e. The summed E-state index contributed by atoms with van der Waals surface area (Å²) >= 11 is 0. The molecule has 1 heterocycles. The van der Waals surface area contributed by atoms with E-state index in [2.05, 4.69) is 15.6 Å². The normalized spacial score (nSPS) is 11.4. The number of halogens is 3. The van der Waals surface area contributed by atoms with E-state index in [-0.39, 0.29) is 12.2 Å². The van der Waals surface area contributed by atoms with Gasteiger partial charge >= 0.3 is 6.18 Å². The Hall–Kier alpha value is -2.65. The van der Waals surface area contributed by atoms with Crippen LogP contribution >= 0.6 is 0 Å². The molecule has 10 heteroatoms. The summed E-state index contributed by atoms with van der Waals surface area (Å²) in [6, 6.07) is 2.35. The molecule has 1 aromatic carbocycles. The van der Waals surface area contributed by atoms with E-state index in [4.69, 9.17) is 0 Å². The van der Waals surface area contributed by atoms with Crippen molar-refractivity contribution >= 4 is 11.4 Å². The molecule has 2 aromatic rings. The van der Waals surface area contributed by atoms with E-state index >= 15 is 0 Å². The van der Waals surface area contributed by atoms with Gasteiger partial charge in [-0.1, -0.05) is 5.21 Å². The molecule has 0 bridgehead atoms. The van der Waals surface area contributed by atoms with Gasteiger partial charge in [0.25, 0.3) is 5.69 Å². The van der Waals surface area contributed by atoms with Crippen LogP contribution in [0.2, 0.25) is 0 Å². The topological polar surface area (TPSA) is 85.9 Å². The molecule has 21 heavy (non-hydrogen) atoms. The minimum absolute atomic E-state index is 0.0214. The Bertz CT molecular complexity index is 627. The van der Waals surface area contributed by atoms with Crippen molar-refractivity contribution in [1.29, 1.82) is 0 Å². The number of anilines is 1. The van der Waals surface area contributed by atoms with Crippen molar-refractivity contribution in [2.75, 3.05) is 11.9 Å². The zero-order valence-corrected chi connectivity index (χ0v) is 10.5. The maximum atomic E-state index is 12.5. The van der Waals surface area contributed by atoms with Crippen LogP contribution in [0.15, 0.2) is 30.6 Å².